The standard InChI is InChI=1S/C13H16ClNO/c1-8-2-5-10(14)12-11(15-9-3-4-9)6-7-16-13(8)12/h2,5,9,11,15H,3-4,6-7H2,1H3. The van der Waals surface area contributed by atoms with Crippen LogP contribution < -0.4 is 10.1 Å². The summed E-state index contributed by atoms with van der Waals surface area (Å²) in [6.45, 7) is 2.87. The van der Waals surface area contributed by atoms with Crippen molar-refractivity contribution in [3.8, 4) is 5.75 Å². The van der Waals surface area contributed by atoms with Crippen molar-refractivity contribution in [2.45, 2.75) is 38.3 Å². The van der Waals surface area contributed by atoms with Gasteiger partial charge < -0.3 is 10.1 Å². The van der Waals surface area contributed by atoms with Crippen molar-refractivity contribution >= 4 is 11.6 Å². The summed E-state index contributed by atoms with van der Waals surface area (Å²) >= 11 is 6.29. The van der Waals surface area contributed by atoms with Crippen LogP contribution in [0.2, 0.25) is 5.02 Å². The van der Waals surface area contributed by atoms with Gasteiger partial charge in [0, 0.05) is 29.1 Å². The molecule has 1 aromatic rings. The normalized spacial score (nSPS) is 23.8. The second kappa shape index (κ2) is 3.94. The fourth-order valence-corrected chi connectivity index (χ4v) is 2.61. The van der Waals surface area contributed by atoms with Crippen LogP contribution in [0.1, 0.15) is 36.4 Å². The number of benzene rings is 1. The van der Waals surface area contributed by atoms with Crippen molar-refractivity contribution in [1.82, 2.24) is 5.32 Å². The lowest BCUT2D eigenvalue weighted by atomic mass is 9.98. The molecule has 3 rings (SSSR count). The largest absolute Gasteiger partial charge is 0.493 e. The predicted octanol–water partition coefficient (Wildman–Crippen LogP) is 3.22. The lowest BCUT2D eigenvalue weighted by molar-refractivity contribution is 0.250. The van der Waals surface area contributed by atoms with Gasteiger partial charge in [0.05, 0.1) is 6.61 Å². The average Bonchev–Trinajstić information content (AvgIpc) is 3.08. The summed E-state index contributed by atoms with van der Waals surface area (Å²) in [6.07, 6.45) is 3.62. The zero-order chi connectivity index (χ0) is 11.1. The van der Waals surface area contributed by atoms with E-state index in [4.69, 9.17) is 16.3 Å². The van der Waals surface area contributed by atoms with E-state index >= 15 is 0 Å². The number of hydrogen-bond donors (Lipinski definition) is 1. The zero-order valence-corrected chi connectivity index (χ0v) is 10.2. The molecule has 1 aliphatic heterocycles. The van der Waals surface area contributed by atoms with Crippen molar-refractivity contribution < 1.29 is 4.74 Å². The van der Waals surface area contributed by atoms with E-state index < -0.39 is 0 Å². The van der Waals surface area contributed by atoms with Gasteiger partial charge in [0.15, 0.2) is 0 Å². The number of hydrogen-bond acceptors (Lipinski definition) is 2. The van der Waals surface area contributed by atoms with Crippen LogP contribution in [0.25, 0.3) is 0 Å². The molecule has 0 amide bonds. The summed E-state index contributed by atoms with van der Waals surface area (Å²) in [5.74, 6) is 0.997. The number of ether oxygens (including phenoxy) is 1. The third-order valence-corrected chi connectivity index (χ3v) is 3.68. The zero-order valence-electron chi connectivity index (χ0n) is 9.42. The van der Waals surface area contributed by atoms with Crippen molar-refractivity contribution in [1.29, 1.82) is 0 Å². The van der Waals surface area contributed by atoms with Gasteiger partial charge in [-0.3, -0.25) is 0 Å². The molecule has 1 saturated carbocycles. The summed E-state index contributed by atoms with van der Waals surface area (Å²) in [4.78, 5) is 0. The molecule has 0 spiro atoms. The quantitative estimate of drug-likeness (QED) is 0.853. The minimum Gasteiger partial charge on any atom is -0.493 e. The maximum absolute atomic E-state index is 6.29. The molecule has 16 heavy (non-hydrogen) atoms. The predicted molar refractivity (Wildman–Crippen MR) is 65.2 cm³/mol. The van der Waals surface area contributed by atoms with Crippen LogP contribution in [0, 0.1) is 6.92 Å². The van der Waals surface area contributed by atoms with Crippen LogP contribution in [0.5, 0.6) is 5.75 Å². The second-order valence-corrected chi connectivity index (χ2v) is 5.14. The fourth-order valence-electron chi connectivity index (χ4n) is 2.33. The molecule has 1 atom stereocenters. The molecule has 0 radical (unpaired) electrons. The number of nitrogens with one attached hydrogen (secondary N) is 1. The van der Waals surface area contributed by atoms with Gasteiger partial charge in [-0.1, -0.05) is 17.7 Å². The Morgan fingerprint density at radius 1 is 1.31 bits per heavy atom. The summed E-state index contributed by atoms with van der Waals surface area (Å²) in [6, 6.07) is 5.09. The highest BCUT2D eigenvalue weighted by atomic mass is 35.5. The molecule has 0 bridgehead atoms. The lowest BCUT2D eigenvalue weighted by Crippen LogP contribution is -2.29. The minimum atomic E-state index is 0.378. The molecule has 0 aromatic heterocycles. The van der Waals surface area contributed by atoms with Crippen molar-refractivity contribution in [3.63, 3.8) is 0 Å². The molecule has 1 N–H and O–H groups in total. The Kier molecular flexibility index (Phi) is 2.56. The molecule has 86 valence electrons. The first-order valence-electron chi connectivity index (χ1n) is 5.93. The molecule has 1 fully saturated rings. The van der Waals surface area contributed by atoms with Gasteiger partial charge in [0.25, 0.3) is 0 Å². The molecule has 2 nitrogen and oxygen atoms in total. The molecular formula is C13H16ClNO. The van der Waals surface area contributed by atoms with E-state index in [0.717, 1.165) is 23.8 Å². The monoisotopic (exact) mass is 237 g/mol. The Bertz CT molecular complexity index is 415. The topological polar surface area (TPSA) is 21.3 Å². The fraction of sp³-hybridized carbons (Fsp3) is 0.538. The molecular weight excluding hydrogens is 222 g/mol. The van der Waals surface area contributed by atoms with Crippen LogP contribution in [0.4, 0.5) is 0 Å². The highest BCUT2D eigenvalue weighted by molar-refractivity contribution is 6.31. The Morgan fingerprint density at radius 3 is 2.88 bits per heavy atom. The van der Waals surface area contributed by atoms with E-state index in [1.54, 1.807) is 0 Å². The van der Waals surface area contributed by atoms with Crippen molar-refractivity contribution in [3.05, 3.63) is 28.3 Å². The Morgan fingerprint density at radius 2 is 2.12 bits per heavy atom. The van der Waals surface area contributed by atoms with E-state index in [1.165, 1.54) is 24.0 Å². The van der Waals surface area contributed by atoms with Gasteiger partial charge >= 0.3 is 0 Å². The van der Waals surface area contributed by atoms with Crippen LogP contribution in [0.15, 0.2) is 12.1 Å². The molecule has 2 aliphatic rings. The number of fused-ring (bicyclic) bond motifs is 1. The molecule has 1 unspecified atom stereocenters. The summed E-state index contributed by atoms with van der Waals surface area (Å²) in [5, 5.41) is 4.48. The number of rotatable bonds is 2. The Balaban J connectivity index is 1.98. The van der Waals surface area contributed by atoms with Crippen molar-refractivity contribution in [2.75, 3.05) is 6.61 Å². The van der Waals surface area contributed by atoms with Gasteiger partial charge in [-0.05, 0) is 31.4 Å². The summed E-state index contributed by atoms with van der Waals surface area (Å²) in [5.41, 5.74) is 2.35. The maximum Gasteiger partial charge on any atom is 0.128 e. The molecule has 1 aliphatic carbocycles. The first kappa shape index (κ1) is 10.4. The van der Waals surface area contributed by atoms with Gasteiger partial charge in [0.1, 0.15) is 5.75 Å². The SMILES string of the molecule is Cc1ccc(Cl)c2c1OCCC2NC1CC1. The molecule has 0 saturated heterocycles. The van der Waals surface area contributed by atoms with E-state index in [9.17, 15) is 0 Å². The molecule has 1 heterocycles. The minimum absolute atomic E-state index is 0.378. The molecule has 1 aromatic carbocycles. The van der Waals surface area contributed by atoms with E-state index in [0.29, 0.717) is 12.1 Å². The summed E-state index contributed by atoms with van der Waals surface area (Å²) < 4.78 is 5.74. The maximum atomic E-state index is 6.29. The van der Waals surface area contributed by atoms with E-state index in [-0.39, 0.29) is 0 Å². The number of halogens is 1. The lowest BCUT2D eigenvalue weighted by Gasteiger charge is -2.29. The van der Waals surface area contributed by atoms with Crippen LogP contribution in [-0.2, 0) is 0 Å². The van der Waals surface area contributed by atoms with E-state index in [1.807, 2.05) is 12.1 Å². The number of aryl methyl sites for hydroxylation is 1. The van der Waals surface area contributed by atoms with Gasteiger partial charge in [-0.25, -0.2) is 0 Å². The van der Waals surface area contributed by atoms with Crippen LogP contribution in [0.3, 0.4) is 0 Å². The summed E-state index contributed by atoms with van der Waals surface area (Å²) in [7, 11) is 0. The van der Waals surface area contributed by atoms with Gasteiger partial charge in [0.2, 0.25) is 0 Å². The van der Waals surface area contributed by atoms with Gasteiger partial charge in [-0.15, -0.1) is 0 Å². The third-order valence-electron chi connectivity index (χ3n) is 3.36. The van der Waals surface area contributed by atoms with Gasteiger partial charge in [-0.2, -0.15) is 0 Å². The second-order valence-electron chi connectivity index (χ2n) is 4.74. The van der Waals surface area contributed by atoms with Crippen molar-refractivity contribution in [2.24, 2.45) is 0 Å². The van der Waals surface area contributed by atoms with E-state index in [2.05, 4.69) is 12.2 Å². The Hall–Kier alpha value is -0.730. The van der Waals surface area contributed by atoms with Crippen LogP contribution >= 0.6 is 11.6 Å². The highest BCUT2D eigenvalue weighted by Crippen LogP contribution is 2.40. The third kappa shape index (κ3) is 1.80. The molecule has 3 heteroatoms. The van der Waals surface area contributed by atoms with Crippen LogP contribution in [-0.4, -0.2) is 12.6 Å². The first-order chi connectivity index (χ1) is 7.75. The smallest absolute Gasteiger partial charge is 0.128 e. The average molecular weight is 238 g/mol. The highest BCUT2D eigenvalue weighted by Gasteiger charge is 2.30. The first-order valence-corrected chi connectivity index (χ1v) is 6.31. The Labute approximate surface area is 101 Å².